The summed E-state index contributed by atoms with van der Waals surface area (Å²) in [5.74, 6) is 1.82. The van der Waals surface area contributed by atoms with E-state index < -0.39 is 0 Å². The summed E-state index contributed by atoms with van der Waals surface area (Å²) in [6.07, 6.45) is 0. The van der Waals surface area contributed by atoms with Crippen LogP contribution in [0.1, 0.15) is 0 Å². The van der Waals surface area contributed by atoms with Crippen LogP contribution in [0.3, 0.4) is 0 Å². The highest BCUT2D eigenvalue weighted by Gasteiger charge is 2.20. The number of hydrogen-bond acceptors (Lipinski definition) is 5. The lowest BCUT2D eigenvalue weighted by molar-refractivity contribution is 0.668. The number of fused-ring (bicyclic) bond motifs is 9. The molecular formula is C57H34N4OS. The largest absolute Gasteiger partial charge is 0.456 e. The maximum atomic E-state index is 6.74. The molecule has 0 radical (unpaired) electrons. The van der Waals surface area contributed by atoms with E-state index in [0.29, 0.717) is 17.5 Å². The van der Waals surface area contributed by atoms with E-state index in [-0.39, 0.29) is 0 Å². The first-order chi connectivity index (χ1) is 31.2. The molecule has 6 heteroatoms. The molecule has 13 rings (SSSR count). The first-order valence-electron chi connectivity index (χ1n) is 21.1. The normalized spacial score (nSPS) is 11.8. The predicted molar refractivity (Wildman–Crippen MR) is 262 cm³/mol. The van der Waals surface area contributed by atoms with Gasteiger partial charge in [0.25, 0.3) is 0 Å². The van der Waals surface area contributed by atoms with E-state index in [4.69, 9.17) is 19.4 Å². The van der Waals surface area contributed by atoms with Crippen LogP contribution in [0.25, 0.3) is 126 Å². The summed E-state index contributed by atoms with van der Waals surface area (Å²) in [5, 5.41) is 7.02. The van der Waals surface area contributed by atoms with Gasteiger partial charge in [-0.05, 0) is 82.9 Å². The molecule has 63 heavy (non-hydrogen) atoms. The minimum Gasteiger partial charge on any atom is -0.456 e. The number of rotatable bonds is 6. The van der Waals surface area contributed by atoms with Crippen LogP contribution in [0, 0.1) is 0 Å². The molecule has 294 valence electrons. The van der Waals surface area contributed by atoms with Crippen molar-refractivity contribution in [2.24, 2.45) is 0 Å². The Kier molecular flexibility index (Phi) is 8.01. The van der Waals surface area contributed by atoms with Crippen LogP contribution >= 0.6 is 11.3 Å². The Balaban J connectivity index is 0.950. The molecular weight excluding hydrogens is 789 g/mol. The second-order valence-electron chi connectivity index (χ2n) is 16.0. The summed E-state index contributed by atoms with van der Waals surface area (Å²) >= 11 is 1.80. The zero-order chi connectivity index (χ0) is 41.4. The lowest BCUT2D eigenvalue weighted by atomic mass is 9.97. The van der Waals surface area contributed by atoms with Gasteiger partial charge in [0.15, 0.2) is 17.5 Å². The van der Waals surface area contributed by atoms with Crippen LogP contribution in [-0.4, -0.2) is 19.5 Å². The van der Waals surface area contributed by atoms with Crippen molar-refractivity contribution in [1.82, 2.24) is 19.5 Å². The van der Waals surface area contributed by atoms with E-state index in [0.717, 1.165) is 66.5 Å². The van der Waals surface area contributed by atoms with Crippen molar-refractivity contribution in [1.29, 1.82) is 0 Å². The van der Waals surface area contributed by atoms with Crippen molar-refractivity contribution in [3.05, 3.63) is 206 Å². The number of furan rings is 1. The molecule has 13 aromatic rings. The molecule has 0 saturated carbocycles. The van der Waals surface area contributed by atoms with Crippen LogP contribution in [0.5, 0.6) is 0 Å². The molecule has 4 heterocycles. The molecule has 0 aliphatic carbocycles. The molecule has 0 N–H and O–H groups in total. The fourth-order valence-corrected chi connectivity index (χ4v) is 10.5. The van der Waals surface area contributed by atoms with Gasteiger partial charge in [-0.2, -0.15) is 0 Å². The molecule has 0 bridgehead atoms. The van der Waals surface area contributed by atoms with Gasteiger partial charge in [-0.25, -0.2) is 15.0 Å². The Labute approximate surface area is 365 Å². The Morgan fingerprint density at radius 2 is 0.937 bits per heavy atom. The first kappa shape index (κ1) is 35.6. The third-order valence-corrected chi connectivity index (χ3v) is 13.4. The molecule has 0 fully saturated rings. The average Bonchev–Trinajstić information content (AvgIpc) is 4.03. The number of thiophene rings is 1. The molecule has 0 amide bonds. The molecule has 5 nitrogen and oxygen atoms in total. The first-order valence-corrected chi connectivity index (χ1v) is 21.9. The molecule has 0 spiro atoms. The van der Waals surface area contributed by atoms with Gasteiger partial charge in [0.05, 0.1) is 11.0 Å². The monoisotopic (exact) mass is 822 g/mol. The fourth-order valence-electron chi connectivity index (χ4n) is 9.28. The van der Waals surface area contributed by atoms with Crippen molar-refractivity contribution < 1.29 is 4.42 Å². The maximum absolute atomic E-state index is 6.74. The highest BCUT2D eigenvalue weighted by Crippen LogP contribution is 2.43. The number of para-hydroxylation sites is 1. The van der Waals surface area contributed by atoms with Gasteiger partial charge < -0.3 is 8.98 Å². The van der Waals surface area contributed by atoms with E-state index in [1.807, 2.05) is 30.3 Å². The van der Waals surface area contributed by atoms with Gasteiger partial charge >= 0.3 is 0 Å². The number of nitrogens with zero attached hydrogens (tertiary/aromatic N) is 4. The average molecular weight is 823 g/mol. The SMILES string of the molecule is c1ccc(-c2ccc3c(c2)c2ccccc2n3-c2ccc3c(c2)oc2cc(-c4nc(-c5ccccc5)nc(-c5cc(-c6ccccc6)c6c(c5)sc5ccccc56)n4)ccc23)cc1. The van der Waals surface area contributed by atoms with Gasteiger partial charge in [0.1, 0.15) is 11.2 Å². The molecule has 9 aromatic carbocycles. The summed E-state index contributed by atoms with van der Waals surface area (Å²) < 4.78 is 11.5. The van der Waals surface area contributed by atoms with E-state index in [2.05, 4.69) is 180 Å². The molecule has 0 atom stereocenters. The number of aromatic nitrogens is 4. The lowest BCUT2D eigenvalue weighted by Gasteiger charge is -2.11. The Morgan fingerprint density at radius 3 is 1.71 bits per heavy atom. The Morgan fingerprint density at radius 1 is 0.349 bits per heavy atom. The second kappa shape index (κ2) is 14.2. The van der Waals surface area contributed by atoms with Crippen molar-refractivity contribution >= 4 is 75.3 Å². The van der Waals surface area contributed by atoms with E-state index >= 15 is 0 Å². The molecule has 0 unspecified atom stereocenters. The molecule has 0 aliphatic rings. The van der Waals surface area contributed by atoms with Gasteiger partial charge in [-0.3, -0.25) is 0 Å². The van der Waals surface area contributed by atoms with Gasteiger partial charge in [0, 0.05) is 70.2 Å². The van der Waals surface area contributed by atoms with Crippen molar-refractivity contribution in [3.63, 3.8) is 0 Å². The van der Waals surface area contributed by atoms with Crippen LogP contribution in [-0.2, 0) is 0 Å². The van der Waals surface area contributed by atoms with Crippen molar-refractivity contribution in [2.75, 3.05) is 0 Å². The zero-order valence-electron chi connectivity index (χ0n) is 33.7. The highest BCUT2D eigenvalue weighted by atomic mass is 32.1. The van der Waals surface area contributed by atoms with Gasteiger partial charge in [0.2, 0.25) is 0 Å². The third-order valence-electron chi connectivity index (χ3n) is 12.2. The smallest absolute Gasteiger partial charge is 0.164 e. The van der Waals surface area contributed by atoms with Crippen LogP contribution < -0.4 is 0 Å². The molecule has 0 aliphatic heterocycles. The summed E-state index contributed by atoms with van der Waals surface area (Å²) in [5.41, 5.74) is 12.4. The van der Waals surface area contributed by atoms with Crippen LogP contribution in [0.4, 0.5) is 0 Å². The molecule has 4 aromatic heterocycles. The number of hydrogen-bond donors (Lipinski definition) is 0. The topological polar surface area (TPSA) is 56.7 Å². The van der Waals surface area contributed by atoms with E-state index in [1.165, 1.54) is 42.1 Å². The fraction of sp³-hybridized carbons (Fsp3) is 0. The number of benzene rings is 9. The highest BCUT2D eigenvalue weighted by molar-refractivity contribution is 7.26. The zero-order valence-corrected chi connectivity index (χ0v) is 34.6. The Hall–Kier alpha value is -8.19. The quantitative estimate of drug-likeness (QED) is 0.168. The van der Waals surface area contributed by atoms with Crippen molar-refractivity contribution in [3.8, 4) is 62.1 Å². The summed E-state index contributed by atoms with van der Waals surface area (Å²) in [4.78, 5) is 15.5. The lowest BCUT2D eigenvalue weighted by Crippen LogP contribution is -2.00. The van der Waals surface area contributed by atoms with E-state index in [1.54, 1.807) is 11.3 Å². The standard InChI is InChI=1S/C57H34N4OS/c1-4-14-35(15-5-1)38-25-29-49-47(30-38)42-20-10-12-22-48(42)61(49)41-26-28-44-43-27-24-39(32-50(43)62-51(44)34-41)56-58-55(37-18-8-3-9-19-37)59-57(60-56)40-31-46(36-16-6-2-7-17-36)54-45-21-11-13-23-52(45)63-53(54)33-40/h1-34H. The maximum Gasteiger partial charge on any atom is 0.164 e. The summed E-state index contributed by atoms with van der Waals surface area (Å²) in [6.45, 7) is 0. The Bertz CT molecular complexity index is 3910. The van der Waals surface area contributed by atoms with E-state index in [9.17, 15) is 0 Å². The van der Waals surface area contributed by atoms with Crippen LogP contribution in [0.2, 0.25) is 0 Å². The van der Waals surface area contributed by atoms with Crippen LogP contribution in [0.15, 0.2) is 211 Å². The predicted octanol–water partition coefficient (Wildman–Crippen LogP) is 15.6. The van der Waals surface area contributed by atoms with Crippen molar-refractivity contribution in [2.45, 2.75) is 0 Å². The third kappa shape index (κ3) is 5.87. The van der Waals surface area contributed by atoms with Gasteiger partial charge in [-0.1, -0.05) is 140 Å². The van der Waals surface area contributed by atoms with Gasteiger partial charge in [-0.15, -0.1) is 11.3 Å². The molecule has 0 saturated heterocycles. The second-order valence-corrected chi connectivity index (χ2v) is 17.1. The minimum absolute atomic E-state index is 0.583. The summed E-state index contributed by atoms with van der Waals surface area (Å²) in [6, 6.07) is 72.7. The minimum atomic E-state index is 0.583. The summed E-state index contributed by atoms with van der Waals surface area (Å²) in [7, 11) is 0.